The molecule has 1 radical (unpaired) electrons. The molecule has 1 saturated heterocycles. The highest BCUT2D eigenvalue weighted by molar-refractivity contribution is 5.76. The first kappa shape index (κ1) is 8.10. The van der Waals surface area contributed by atoms with Crippen molar-refractivity contribution in [3.05, 3.63) is 30.3 Å². The van der Waals surface area contributed by atoms with Crippen molar-refractivity contribution in [1.29, 1.82) is 0 Å². The van der Waals surface area contributed by atoms with E-state index >= 15 is 0 Å². The van der Waals surface area contributed by atoms with Gasteiger partial charge in [-0.15, -0.1) is 0 Å². The third kappa shape index (κ3) is 1.80. The Morgan fingerprint density at radius 2 is 2.15 bits per heavy atom. The molecule has 2 rings (SSSR count). The van der Waals surface area contributed by atoms with Crippen LogP contribution < -0.4 is 4.90 Å². The van der Waals surface area contributed by atoms with Crippen LogP contribution in [0.5, 0.6) is 0 Å². The van der Waals surface area contributed by atoms with Crippen molar-refractivity contribution >= 4 is 11.7 Å². The van der Waals surface area contributed by atoms with Gasteiger partial charge in [0.15, 0.2) is 0 Å². The van der Waals surface area contributed by atoms with Crippen LogP contribution >= 0.6 is 0 Å². The number of cyclic esters (lactones) is 1. The molecule has 1 aliphatic heterocycles. The normalized spacial score (nSPS) is 16.9. The molecule has 0 spiro atoms. The fourth-order valence-corrected chi connectivity index (χ4v) is 1.36. The quantitative estimate of drug-likeness (QED) is 0.594. The standard InChI is InChI=1S/C10H10NO2/c12-10-8-11(6-7-13-10)9-4-2-1-3-5-9/h2-5H,6-8H2. The van der Waals surface area contributed by atoms with Gasteiger partial charge in [-0.25, -0.2) is 0 Å². The largest absolute Gasteiger partial charge is 0.462 e. The summed E-state index contributed by atoms with van der Waals surface area (Å²) in [5.74, 6) is -0.154. The molecule has 3 nitrogen and oxygen atoms in total. The molecule has 67 valence electrons. The minimum absolute atomic E-state index is 0.154. The molecule has 0 aromatic heterocycles. The SMILES string of the molecule is O=C1CN(c2cc[c]cc2)CCO1. The number of nitrogens with zero attached hydrogens (tertiary/aromatic N) is 1. The van der Waals surface area contributed by atoms with Gasteiger partial charge in [0.25, 0.3) is 0 Å². The smallest absolute Gasteiger partial charge is 0.325 e. The summed E-state index contributed by atoms with van der Waals surface area (Å²) in [6, 6.07) is 10.5. The lowest BCUT2D eigenvalue weighted by Crippen LogP contribution is -2.39. The monoisotopic (exact) mass is 176 g/mol. The molecular formula is C10H10NO2. The van der Waals surface area contributed by atoms with Gasteiger partial charge in [0.2, 0.25) is 0 Å². The molecule has 0 saturated carbocycles. The number of benzene rings is 1. The van der Waals surface area contributed by atoms with Gasteiger partial charge in [-0.1, -0.05) is 12.1 Å². The fourth-order valence-electron chi connectivity index (χ4n) is 1.36. The van der Waals surface area contributed by atoms with Gasteiger partial charge in [0.05, 0.1) is 6.54 Å². The van der Waals surface area contributed by atoms with Crippen LogP contribution in [0.4, 0.5) is 5.69 Å². The lowest BCUT2D eigenvalue weighted by atomic mass is 10.2. The molecule has 0 N–H and O–H groups in total. The predicted molar refractivity (Wildman–Crippen MR) is 48.5 cm³/mol. The van der Waals surface area contributed by atoms with Crippen molar-refractivity contribution in [2.45, 2.75) is 0 Å². The van der Waals surface area contributed by atoms with Crippen molar-refractivity contribution in [2.75, 3.05) is 24.6 Å². The second-order valence-electron chi connectivity index (χ2n) is 2.90. The van der Waals surface area contributed by atoms with Crippen LogP contribution in [-0.2, 0) is 9.53 Å². The Hall–Kier alpha value is -1.51. The van der Waals surface area contributed by atoms with E-state index in [0.29, 0.717) is 13.2 Å². The highest BCUT2D eigenvalue weighted by Crippen LogP contribution is 2.14. The Morgan fingerprint density at radius 3 is 2.85 bits per heavy atom. The van der Waals surface area contributed by atoms with Crippen molar-refractivity contribution in [3.63, 3.8) is 0 Å². The summed E-state index contributed by atoms with van der Waals surface area (Å²) in [6.07, 6.45) is 0. The maximum atomic E-state index is 11.0. The van der Waals surface area contributed by atoms with Gasteiger partial charge in [-0.2, -0.15) is 0 Å². The first-order chi connectivity index (χ1) is 6.36. The molecule has 1 aliphatic rings. The molecule has 0 bridgehead atoms. The zero-order valence-corrected chi connectivity index (χ0v) is 7.19. The Bertz CT molecular complexity index is 297. The Morgan fingerprint density at radius 1 is 1.38 bits per heavy atom. The average molecular weight is 176 g/mol. The van der Waals surface area contributed by atoms with Crippen LogP contribution in [0.3, 0.4) is 0 Å². The molecule has 1 aromatic carbocycles. The van der Waals surface area contributed by atoms with Gasteiger partial charge in [0.1, 0.15) is 13.2 Å². The van der Waals surface area contributed by atoms with Crippen LogP contribution in [0.15, 0.2) is 24.3 Å². The van der Waals surface area contributed by atoms with Crippen molar-refractivity contribution in [2.24, 2.45) is 0 Å². The van der Waals surface area contributed by atoms with Gasteiger partial charge >= 0.3 is 5.97 Å². The van der Waals surface area contributed by atoms with Gasteiger partial charge in [0, 0.05) is 5.69 Å². The second-order valence-corrected chi connectivity index (χ2v) is 2.90. The highest BCUT2D eigenvalue weighted by atomic mass is 16.5. The van der Waals surface area contributed by atoms with Crippen molar-refractivity contribution in [3.8, 4) is 0 Å². The lowest BCUT2D eigenvalue weighted by Gasteiger charge is -2.27. The number of carbonyl (C=O) groups is 1. The summed E-state index contributed by atoms with van der Waals surface area (Å²) in [5.41, 5.74) is 1.05. The number of esters is 1. The van der Waals surface area contributed by atoms with E-state index in [0.717, 1.165) is 12.2 Å². The van der Waals surface area contributed by atoms with E-state index in [1.807, 2.05) is 29.2 Å². The van der Waals surface area contributed by atoms with Gasteiger partial charge in [-0.3, -0.25) is 4.79 Å². The van der Waals surface area contributed by atoms with Crippen LogP contribution in [0.25, 0.3) is 0 Å². The van der Waals surface area contributed by atoms with E-state index < -0.39 is 0 Å². The molecule has 1 aromatic rings. The number of carbonyl (C=O) groups excluding carboxylic acids is 1. The van der Waals surface area contributed by atoms with Crippen molar-refractivity contribution < 1.29 is 9.53 Å². The lowest BCUT2D eigenvalue weighted by molar-refractivity contribution is -0.143. The molecule has 1 fully saturated rings. The van der Waals surface area contributed by atoms with E-state index in [4.69, 9.17) is 4.74 Å². The maximum Gasteiger partial charge on any atom is 0.325 e. The number of hydrogen-bond donors (Lipinski definition) is 0. The highest BCUT2D eigenvalue weighted by Gasteiger charge is 2.17. The van der Waals surface area contributed by atoms with E-state index in [1.165, 1.54) is 0 Å². The zero-order valence-electron chi connectivity index (χ0n) is 7.19. The average Bonchev–Trinajstić information content (AvgIpc) is 2.19. The summed E-state index contributed by atoms with van der Waals surface area (Å²) >= 11 is 0. The topological polar surface area (TPSA) is 29.5 Å². The fraction of sp³-hybridized carbons (Fsp3) is 0.300. The van der Waals surface area contributed by atoms with Gasteiger partial charge < -0.3 is 9.64 Å². The third-order valence-corrected chi connectivity index (χ3v) is 2.01. The Balaban J connectivity index is 2.13. The number of hydrogen-bond acceptors (Lipinski definition) is 3. The van der Waals surface area contributed by atoms with E-state index in [9.17, 15) is 4.79 Å². The number of anilines is 1. The van der Waals surface area contributed by atoms with E-state index in [2.05, 4.69) is 6.07 Å². The maximum absolute atomic E-state index is 11.0. The molecule has 3 heteroatoms. The summed E-state index contributed by atoms with van der Waals surface area (Å²) < 4.78 is 4.84. The summed E-state index contributed by atoms with van der Waals surface area (Å²) in [7, 11) is 0. The predicted octanol–water partition coefficient (Wildman–Crippen LogP) is 0.850. The summed E-state index contributed by atoms with van der Waals surface area (Å²) in [5, 5.41) is 0. The third-order valence-electron chi connectivity index (χ3n) is 2.01. The molecule has 0 aliphatic carbocycles. The molecule has 13 heavy (non-hydrogen) atoms. The van der Waals surface area contributed by atoms with Crippen LogP contribution in [0.2, 0.25) is 0 Å². The Kier molecular flexibility index (Phi) is 2.17. The summed E-state index contributed by atoms with van der Waals surface area (Å²) in [4.78, 5) is 13.0. The number of morpholine rings is 1. The molecule has 1 heterocycles. The molecule has 0 amide bonds. The minimum atomic E-state index is -0.154. The Labute approximate surface area is 76.9 Å². The molecular weight excluding hydrogens is 166 g/mol. The molecule has 0 unspecified atom stereocenters. The summed E-state index contributed by atoms with van der Waals surface area (Å²) in [6.45, 7) is 1.61. The first-order valence-corrected chi connectivity index (χ1v) is 4.23. The first-order valence-electron chi connectivity index (χ1n) is 4.23. The van der Waals surface area contributed by atoms with E-state index in [1.54, 1.807) is 0 Å². The van der Waals surface area contributed by atoms with E-state index in [-0.39, 0.29) is 5.97 Å². The van der Waals surface area contributed by atoms with Crippen LogP contribution in [-0.4, -0.2) is 25.7 Å². The van der Waals surface area contributed by atoms with Gasteiger partial charge in [-0.05, 0) is 18.2 Å². The minimum Gasteiger partial charge on any atom is -0.462 e. The zero-order chi connectivity index (χ0) is 9.10. The molecule has 0 atom stereocenters. The van der Waals surface area contributed by atoms with Crippen molar-refractivity contribution in [1.82, 2.24) is 0 Å². The van der Waals surface area contributed by atoms with Crippen LogP contribution in [0, 0.1) is 6.07 Å². The second kappa shape index (κ2) is 3.47. The number of ether oxygens (including phenoxy) is 1. The number of rotatable bonds is 1. The van der Waals surface area contributed by atoms with Crippen LogP contribution in [0.1, 0.15) is 0 Å².